The molecule has 1 amide bonds. The standard InChI is InChI=1S/C16H25BrN2O2/c1-11(15(20)18-16(2,3)4)19(5)10-12-9-13(17)7-8-14(12)21-6/h7-9,11H,10H2,1-6H3,(H,18,20)/t11-/m0/s1. The Bertz CT molecular complexity index is 498. The van der Waals surface area contributed by atoms with E-state index in [-0.39, 0.29) is 17.5 Å². The number of ether oxygens (including phenoxy) is 1. The Morgan fingerprint density at radius 3 is 2.57 bits per heavy atom. The average molecular weight is 357 g/mol. The van der Waals surface area contributed by atoms with E-state index in [1.165, 1.54) is 0 Å². The van der Waals surface area contributed by atoms with Crippen molar-refractivity contribution in [3.63, 3.8) is 0 Å². The van der Waals surface area contributed by atoms with E-state index in [0.717, 1.165) is 15.8 Å². The van der Waals surface area contributed by atoms with Crippen LogP contribution in [0, 0.1) is 0 Å². The molecule has 4 nitrogen and oxygen atoms in total. The highest BCUT2D eigenvalue weighted by Crippen LogP contribution is 2.24. The number of carbonyl (C=O) groups excluding carboxylic acids is 1. The van der Waals surface area contributed by atoms with Gasteiger partial charge in [0.1, 0.15) is 5.75 Å². The molecule has 0 aliphatic carbocycles. The number of carbonyl (C=O) groups is 1. The second-order valence-corrected chi connectivity index (χ2v) is 7.20. The Morgan fingerprint density at radius 2 is 2.05 bits per heavy atom. The Labute approximate surface area is 136 Å². The van der Waals surface area contributed by atoms with Gasteiger partial charge < -0.3 is 10.1 Å². The molecule has 0 aromatic heterocycles. The quantitative estimate of drug-likeness (QED) is 0.880. The van der Waals surface area contributed by atoms with E-state index >= 15 is 0 Å². The van der Waals surface area contributed by atoms with Gasteiger partial charge in [-0.05, 0) is 52.9 Å². The van der Waals surface area contributed by atoms with Crippen LogP contribution in [0.3, 0.4) is 0 Å². The van der Waals surface area contributed by atoms with E-state index in [4.69, 9.17) is 4.74 Å². The number of rotatable bonds is 5. The van der Waals surface area contributed by atoms with Crippen LogP contribution < -0.4 is 10.1 Å². The van der Waals surface area contributed by atoms with Crippen molar-refractivity contribution in [2.75, 3.05) is 14.2 Å². The zero-order chi connectivity index (χ0) is 16.2. The van der Waals surface area contributed by atoms with Gasteiger partial charge in [0.05, 0.1) is 13.2 Å². The van der Waals surface area contributed by atoms with Crippen LogP contribution in [0.2, 0.25) is 0 Å². The van der Waals surface area contributed by atoms with Crippen LogP contribution in [0.25, 0.3) is 0 Å². The van der Waals surface area contributed by atoms with Gasteiger partial charge in [-0.15, -0.1) is 0 Å². The molecule has 0 heterocycles. The molecule has 1 rings (SSSR count). The molecule has 0 radical (unpaired) electrons. The summed E-state index contributed by atoms with van der Waals surface area (Å²) in [6.07, 6.45) is 0. The second kappa shape index (κ2) is 7.27. The van der Waals surface area contributed by atoms with Gasteiger partial charge in [0.15, 0.2) is 0 Å². The van der Waals surface area contributed by atoms with Crippen molar-refractivity contribution in [2.24, 2.45) is 0 Å². The highest BCUT2D eigenvalue weighted by molar-refractivity contribution is 9.10. The van der Waals surface area contributed by atoms with Gasteiger partial charge in [0.2, 0.25) is 5.91 Å². The van der Waals surface area contributed by atoms with Gasteiger partial charge in [-0.3, -0.25) is 9.69 Å². The van der Waals surface area contributed by atoms with Crippen molar-refractivity contribution in [1.82, 2.24) is 10.2 Å². The summed E-state index contributed by atoms with van der Waals surface area (Å²) in [6, 6.07) is 5.67. The van der Waals surface area contributed by atoms with E-state index in [1.54, 1.807) is 7.11 Å². The van der Waals surface area contributed by atoms with Crippen LogP contribution in [0.5, 0.6) is 5.75 Å². The topological polar surface area (TPSA) is 41.6 Å². The molecular weight excluding hydrogens is 332 g/mol. The zero-order valence-corrected chi connectivity index (χ0v) is 15.2. The summed E-state index contributed by atoms with van der Waals surface area (Å²) < 4.78 is 6.37. The monoisotopic (exact) mass is 356 g/mol. The zero-order valence-electron chi connectivity index (χ0n) is 13.7. The number of methoxy groups -OCH3 is 1. The fourth-order valence-electron chi connectivity index (χ4n) is 1.95. The van der Waals surface area contributed by atoms with Crippen LogP contribution in [-0.2, 0) is 11.3 Å². The Kier molecular flexibility index (Phi) is 6.23. The number of benzene rings is 1. The summed E-state index contributed by atoms with van der Waals surface area (Å²) in [5, 5.41) is 3.00. The van der Waals surface area contributed by atoms with Crippen LogP contribution in [-0.4, -0.2) is 36.5 Å². The van der Waals surface area contributed by atoms with Gasteiger partial charge in [0, 0.05) is 22.1 Å². The second-order valence-electron chi connectivity index (χ2n) is 6.29. The Balaban J connectivity index is 2.78. The summed E-state index contributed by atoms with van der Waals surface area (Å²) in [7, 11) is 3.59. The fourth-order valence-corrected chi connectivity index (χ4v) is 2.36. The van der Waals surface area contributed by atoms with Crippen molar-refractivity contribution >= 4 is 21.8 Å². The fraction of sp³-hybridized carbons (Fsp3) is 0.562. The maximum Gasteiger partial charge on any atom is 0.237 e. The molecule has 0 saturated heterocycles. The number of likely N-dealkylation sites (N-methyl/N-ethyl adjacent to an activating group) is 1. The summed E-state index contributed by atoms with van der Waals surface area (Å²) in [6.45, 7) is 8.49. The smallest absolute Gasteiger partial charge is 0.237 e. The number of amides is 1. The van der Waals surface area contributed by atoms with E-state index < -0.39 is 0 Å². The molecule has 1 aromatic rings. The molecule has 0 saturated carbocycles. The molecule has 0 unspecified atom stereocenters. The SMILES string of the molecule is COc1ccc(Br)cc1CN(C)[C@@H](C)C(=O)NC(C)(C)C. The average Bonchev–Trinajstić information content (AvgIpc) is 2.36. The lowest BCUT2D eigenvalue weighted by atomic mass is 10.1. The first-order valence-electron chi connectivity index (χ1n) is 6.98. The maximum absolute atomic E-state index is 12.2. The third kappa shape index (κ3) is 5.67. The molecule has 0 spiro atoms. The first-order chi connectivity index (χ1) is 9.64. The van der Waals surface area contributed by atoms with E-state index in [1.807, 2.05) is 57.8 Å². The molecular formula is C16H25BrN2O2. The molecule has 0 bridgehead atoms. The maximum atomic E-state index is 12.2. The predicted octanol–water partition coefficient (Wildman–Crippen LogP) is 3.19. The first-order valence-corrected chi connectivity index (χ1v) is 7.78. The largest absolute Gasteiger partial charge is 0.496 e. The third-order valence-electron chi connectivity index (χ3n) is 3.20. The molecule has 0 aliphatic rings. The Hall–Kier alpha value is -1.07. The molecule has 0 fully saturated rings. The van der Waals surface area contributed by atoms with Gasteiger partial charge >= 0.3 is 0 Å². The molecule has 21 heavy (non-hydrogen) atoms. The van der Waals surface area contributed by atoms with Gasteiger partial charge in [-0.25, -0.2) is 0 Å². The van der Waals surface area contributed by atoms with Crippen LogP contribution in [0.1, 0.15) is 33.3 Å². The third-order valence-corrected chi connectivity index (χ3v) is 3.69. The first kappa shape index (κ1) is 18.0. The summed E-state index contributed by atoms with van der Waals surface area (Å²) >= 11 is 3.47. The molecule has 5 heteroatoms. The number of hydrogen-bond donors (Lipinski definition) is 1. The number of nitrogens with one attached hydrogen (secondary N) is 1. The van der Waals surface area contributed by atoms with Gasteiger partial charge in [0.25, 0.3) is 0 Å². The van der Waals surface area contributed by atoms with Crippen molar-refractivity contribution < 1.29 is 9.53 Å². The Morgan fingerprint density at radius 1 is 1.43 bits per heavy atom. The van der Waals surface area contributed by atoms with E-state index in [0.29, 0.717) is 6.54 Å². The lowest BCUT2D eigenvalue weighted by Gasteiger charge is -2.28. The summed E-state index contributed by atoms with van der Waals surface area (Å²) in [5.41, 5.74) is 0.824. The van der Waals surface area contributed by atoms with E-state index in [9.17, 15) is 4.79 Å². The molecule has 118 valence electrons. The highest BCUT2D eigenvalue weighted by Gasteiger charge is 2.23. The molecule has 0 aliphatic heterocycles. The normalized spacial score (nSPS) is 13.1. The van der Waals surface area contributed by atoms with E-state index in [2.05, 4.69) is 21.2 Å². The van der Waals surface area contributed by atoms with Crippen molar-refractivity contribution in [3.8, 4) is 5.75 Å². The van der Waals surface area contributed by atoms with Crippen molar-refractivity contribution in [3.05, 3.63) is 28.2 Å². The minimum Gasteiger partial charge on any atom is -0.496 e. The van der Waals surface area contributed by atoms with Crippen molar-refractivity contribution in [1.29, 1.82) is 0 Å². The molecule has 1 N–H and O–H groups in total. The minimum atomic E-state index is -0.223. The van der Waals surface area contributed by atoms with Gasteiger partial charge in [-0.1, -0.05) is 15.9 Å². The molecule has 1 aromatic carbocycles. The highest BCUT2D eigenvalue weighted by atomic mass is 79.9. The minimum absolute atomic E-state index is 0.0268. The number of halogens is 1. The summed E-state index contributed by atoms with van der Waals surface area (Å²) in [4.78, 5) is 14.2. The van der Waals surface area contributed by atoms with Gasteiger partial charge in [-0.2, -0.15) is 0 Å². The van der Waals surface area contributed by atoms with Crippen molar-refractivity contribution in [2.45, 2.75) is 45.8 Å². The van der Waals surface area contributed by atoms with Crippen LogP contribution >= 0.6 is 15.9 Å². The number of nitrogens with zero attached hydrogens (tertiary/aromatic N) is 1. The predicted molar refractivity (Wildman–Crippen MR) is 89.5 cm³/mol. The number of hydrogen-bond acceptors (Lipinski definition) is 3. The lowest BCUT2D eigenvalue weighted by Crippen LogP contribution is -2.49. The lowest BCUT2D eigenvalue weighted by molar-refractivity contribution is -0.127. The van der Waals surface area contributed by atoms with Crippen LogP contribution in [0.4, 0.5) is 0 Å². The molecule has 1 atom stereocenters. The van der Waals surface area contributed by atoms with Crippen LogP contribution in [0.15, 0.2) is 22.7 Å². The summed E-state index contributed by atoms with van der Waals surface area (Å²) in [5.74, 6) is 0.854.